The van der Waals surface area contributed by atoms with E-state index in [1.54, 1.807) is 0 Å². The van der Waals surface area contributed by atoms with E-state index in [2.05, 4.69) is 10.1 Å². The fraction of sp³-hybridized carbons (Fsp3) is 0.429. The van der Waals surface area contributed by atoms with Crippen molar-refractivity contribution in [3.8, 4) is 0 Å². The molecule has 0 aliphatic heterocycles. The van der Waals surface area contributed by atoms with E-state index in [1.165, 1.54) is 25.3 Å². The molecule has 0 fully saturated rings. The number of methoxy groups -OCH3 is 1. The van der Waals surface area contributed by atoms with E-state index in [1.807, 2.05) is 0 Å². The first kappa shape index (κ1) is 16.4. The minimum Gasteiger partial charge on any atom is -0.469 e. The molecule has 6 heteroatoms. The van der Waals surface area contributed by atoms with Gasteiger partial charge in [-0.3, -0.25) is 9.59 Å². The number of hydrogen-bond donors (Lipinski definition) is 1. The Morgan fingerprint density at radius 2 is 2.05 bits per heavy atom. The van der Waals surface area contributed by atoms with Crippen molar-refractivity contribution >= 4 is 23.5 Å². The Morgan fingerprint density at radius 3 is 2.70 bits per heavy atom. The van der Waals surface area contributed by atoms with Crippen LogP contribution >= 0.6 is 11.6 Å². The molecular formula is C14H17ClFNO3. The van der Waals surface area contributed by atoms with Crippen LogP contribution in [0.4, 0.5) is 4.39 Å². The first-order valence-electron chi connectivity index (χ1n) is 6.35. The standard InChI is InChI=1S/C14H17ClFNO3/c1-20-12(18)8-3-2-4-9-17-14(19)13-10(15)6-5-7-11(13)16/h5-7H,2-4,8-9H2,1H3,(H,17,19). The zero-order valence-corrected chi connectivity index (χ0v) is 12.0. The van der Waals surface area contributed by atoms with Crippen LogP contribution in [0.3, 0.4) is 0 Å². The zero-order chi connectivity index (χ0) is 15.0. The second kappa shape index (κ2) is 8.53. The number of carbonyl (C=O) groups is 2. The SMILES string of the molecule is COC(=O)CCCCCNC(=O)c1c(F)cccc1Cl. The summed E-state index contributed by atoms with van der Waals surface area (Å²) in [6, 6.07) is 4.11. The van der Waals surface area contributed by atoms with Crippen molar-refractivity contribution in [2.24, 2.45) is 0 Å². The molecular weight excluding hydrogens is 285 g/mol. The van der Waals surface area contributed by atoms with E-state index in [0.717, 1.165) is 6.42 Å². The third-order valence-corrected chi connectivity index (χ3v) is 3.08. The topological polar surface area (TPSA) is 55.4 Å². The highest BCUT2D eigenvalue weighted by molar-refractivity contribution is 6.33. The summed E-state index contributed by atoms with van der Waals surface area (Å²) in [7, 11) is 1.35. The van der Waals surface area contributed by atoms with Crippen LogP contribution in [0.25, 0.3) is 0 Å². The lowest BCUT2D eigenvalue weighted by atomic mass is 10.1. The third kappa shape index (κ3) is 5.17. The fourth-order valence-electron chi connectivity index (χ4n) is 1.68. The lowest BCUT2D eigenvalue weighted by Gasteiger charge is -2.07. The Labute approximate surface area is 122 Å². The van der Waals surface area contributed by atoms with Gasteiger partial charge in [0, 0.05) is 13.0 Å². The summed E-state index contributed by atoms with van der Waals surface area (Å²) in [5.74, 6) is -1.41. The van der Waals surface area contributed by atoms with Crippen molar-refractivity contribution in [3.05, 3.63) is 34.6 Å². The molecule has 0 radical (unpaired) electrons. The summed E-state index contributed by atoms with van der Waals surface area (Å²) in [6.45, 7) is 0.407. The second-order valence-corrected chi connectivity index (χ2v) is 4.65. The van der Waals surface area contributed by atoms with Gasteiger partial charge in [0.25, 0.3) is 5.91 Å². The second-order valence-electron chi connectivity index (χ2n) is 4.24. The maximum atomic E-state index is 13.5. The first-order valence-corrected chi connectivity index (χ1v) is 6.73. The van der Waals surface area contributed by atoms with Crippen molar-refractivity contribution in [2.75, 3.05) is 13.7 Å². The average Bonchev–Trinajstić information content (AvgIpc) is 2.42. The van der Waals surface area contributed by atoms with E-state index < -0.39 is 11.7 Å². The number of ether oxygens (including phenoxy) is 1. The van der Waals surface area contributed by atoms with Gasteiger partial charge in [0.05, 0.1) is 17.7 Å². The molecule has 0 saturated carbocycles. The molecule has 0 heterocycles. The summed E-state index contributed by atoms with van der Waals surface area (Å²) in [5, 5.41) is 2.69. The van der Waals surface area contributed by atoms with Crippen LogP contribution in [0.1, 0.15) is 36.0 Å². The van der Waals surface area contributed by atoms with Crippen molar-refractivity contribution in [1.29, 1.82) is 0 Å². The number of esters is 1. The molecule has 0 saturated heterocycles. The maximum Gasteiger partial charge on any atom is 0.305 e. The molecule has 1 amide bonds. The molecule has 0 spiro atoms. The van der Waals surface area contributed by atoms with Crippen molar-refractivity contribution < 1.29 is 18.7 Å². The van der Waals surface area contributed by atoms with Gasteiger partial charge in [-0.1, -0.05) is 24.1 Å². The lowest BCUT2D eigenvalue weighted by Crippen LogP contribution is -2.25. The predicted molar refractivity (Wildman–Crippen MR) is 74.2 cm³/mol. The van der Waals surface area contributed by atoms with Gasteiger partial charge in [-0.15, -0.1) is 0 Å². The first-order chi connectivity index (χ1) is 9.56. The van der Waals surface area contributed by atoms with Gasteiger partial charge in [0.1, 0.15) is 5.82 Å². The van der Waals surface area contributed by atoms with Gasteiger partial charge in [-0.25, -0.2) is 4.39 Å². The molecule has 1 aromatic carbocycles. The number of hydrogen-bond acceptors (Lipinski definition) is 3. The molecule has 0 aliphatic carbocycles. The highest BCUT2D eigenvalue weighted by Gasteiger charge is 2.14. The quantitative estimate of drug-likeness (QED) is 0.622. The Hall–Kier alpha value is -1.62. The Bertz CT molecular complexity index is 459. The summed E-state index contributed by atoms with van der Waals surface area (Å²) in [5.41, 5.74) is -0.135. The molecule has 0 atom stereocenters. The summed E-state index contributed by atoms with van der Waals surface area (Å²) >= 11 is 5.79. The summed E-state index contributed by atoms with van der Waals surface area (Å²) < 4.78 is 18.0. The van der Waals surface area contributed by atoms with Crippen LogP contribution in [0.5, 0.6) is 0 Å². The predicted octanol–water partition coefficient (Wildman–Crippen LogP) is 2.94. The maximum absolute atomic E-state index is 13.5. The van der Waals surface area contributed by atoms with Crippen molar-refractivity contribution in [3.63, 3.8) is 0 Å². The minimum absolute atomic E-state index is 0.0909. The van der Waals surface area contributed by atoms with Crippen LogP contribution in [0.15, 0.2) is 18.2 Å². The normalized spacial score (nSPS) is 10.2. The number of halogens is 2. The van der Waals surface area contributed by atoms with Gasteiger partial charge in [-0.05, 0) is 25.0 Å². The largest absolute Gasteiger partial charge is 0.469 e. The molecule has 0 bridgehead atoms. The van der Waals surface area contributed by atoms with E-state index >= 15 is 0 Å². The minimum atomic E-state index is -0.638. The number of benzene rings is 1. The Morgan fingerprint density at radius 1 is 1.30 bits per heavy atom. The monoisotopic (exact) mass is 301 g/mol. The van der Waals surface area contributed by atoms with Crippen molar-refractivity contribution in [1.82, 2.24) is 5.32 Å². The van der Waals surface area contributed by atoms with Crippen LogP contribution in [0.2, 0.25) is 5.02 Å². The van der Waals surface area contributed by atoms with Crippen LogP contribution in [0, 0.1) is 5.82 Å². The number of amides is 1. The van der Waals surface area contributed by atoms with Crippen LogP contribution in [-0.2, 0) is 9.53 Å². The highest BCUT2D eigenvalue weighted by Crippen LogP contribution is 2.18. The van der Waals surface area contributed by atoms with Gasteiger partial charge in [0.15, 0.2) is 0 Å². The number of carbonyl (C=O) groups excluding carboxylic acids is 2. The average molecular weight is 302 g/mol. The van der Waals surface area contributed by atoms with E-state index in [0.29, 0.717) is 25.8 Å². The molecule has 1 N–H and O–H groups in total. The van der Waals surface area contributed by atoms with Gasteiger partial charge < -0.3 is 10.1 Å². The van der Waals surface area contributed by atoms with E-state index in [9.17, 15) is 14.0 Å². The number of unbranched alkanes of at least 4 members (excludes halogenated alkanes) is 2. The fourth-order valence-corrected chi connectivity index (χ4v) is 1.93. The van der Waals surface area contributed by atoms with Gasteiger partial charge >= 0.3 is 5.97 Å². The molecule has 4 nitrogen and oxygen atoms in total. The molecule has 0 aromatic heterocycles. The molecule has 0 aliphatic rings. The van der Waals surface area contributed by atoms with Gasteiger partial charge in [0.2, 0.25) is 0 Å². The lowest BCUT2D eigenvalue weighted by molar-refractivity contribution is -0.140. The molecule has 1 rings (SSSR count). The number of nitrogens with one attached hydrogen (secondary N) is 1. The Kier molecular flexibility index (Phi) is 7.01. The third-order valence-electron chi connectivity index (χ3n) is 2.76. The highest BCUT2D eigenvalue weighted by atomic mass is 35.5. The zero-order valence-electron chi connectivity index (χ0n) is 11.2. The molecule has 1 aromatic rings. The number of rotatable bonds is 7. The summed E-state index contributed by atoms with van der Waals surface area (Å²) in [4.78, 5) is 22.6. The molecule has 20 heavy (non-hydrogen) atoms. The van der Waals surface area contributed by atoms with Crippen LogP contribution < -0.4 is 5.32 Å². The molecule has 0 unspecified atom stereocenters. The molecule has 110 valence electrons. The van der Waals surface area contributed by atoms with Gasteiger partial charge in [-0.2, -0.15) is 0 Å². The smallest absolute Gasteiger partial charge is 0.305 e. The Balaban J connectivity index is 2.29. The van der Waals surface area contributed by atoms with E-state index in [4.69, 9.17) is 11.6 Å². The van der Waals surface area contributed by atoms with E-state index in [-0.39, 0.29) is 16.6 Å². The van der Waals surface area contributed by atoms with Crippen LogP contribution in [-0.4, -0.2) is 25.5 Å². The summed E-state index contributed by atoms with van der Waals surface area (Å²) in [6.07, 6.45) is 2.54. The van der Waals surface area contributed by atoms with Crippen molar-refractivity contribution in [2.45, 2.75) is 25.7 Å².